The molecule has 0 aromatic rings. The molecular formula is C19H28N4O4. The normalized spacial score (nSPS) is 9.48. The highest BCUT2D eigenvalue weighted by Gasteiger charge is 2.15. The fourth-order valence-electron chi connectivity index (χ4n) is 2.10. The Bertz CT molecular complexity index is 586. The van der Waals surface area contributed by atoms with Crippen LogP contribution >= 0.6 is 0 Å². The van der Waals surface area contributed by atoms with E-state index in [-0.39, 0.29) is 49.8 Å². The summed E-state index contributed by atoms with van der Waals surface area (Å²) in [4.78, 5) is 49.3. The van der Waals surface area contributed by atoms with Gasteiger partial charge in [0.15, 0.2) is 0 Å². The zero-order chi connectivity index (χ0) is 20.7. The highest BCUT2D eigenvalue weighted by molar-refractivity contribution is 5.88. The van der Waals surface area contributed by atoms with Crippen LogP contribution in [0.5, 0.6) is 0 Å². The summed E-state index contributed by atoms with van der Waals surface area (Å²) in [5.41, 5.74) is 0. The van der Waals surface area contributed by atoms with Gasteiger partial charge >= 0.3 is 0 Å². The van der Waals surface area contributed by atoms with Crippen LogP contribution in [-0.4, -0.2) is 72.7 Å². The Morgan fingerprint density at radius 3 is 1.52 bits per heavy atom. The maximum Gasteiger partial charge on any atom is 0.246 e. The second-order valence-electron chi connectivity index (χ2n) is 5.40. The molecule has 0 radical (unpaired) electrons. The van der Waals surface area contributed by atoms with Crippen LogP contribution in [0.3, 0.4) is 0 Å². The standard InChI is InChI=1S/C19H28N4O4/c1-5-16(24)20-10-9-12-22(18(26)7-3)14-15-23(19(27)8-4)13-11-21-17(25)6-2/h5-8H,1-4,9-15H2,(H,20,24)(H,21,25). The fourth-order valence-corrected chi connectivity index (χ4v) is 2.10. The molecule has 148 valence electrons. The van der Waals surface area contributed by atoms with Gasteiger partial charge < -0.3 is 20.4 Å². The van der Waals surface area contributed by atoms with Crippen molar-refractivity contribution in [2.45, 2.75) is 6.42 Å². The van der Waals surface area contributed by atoms with Gasteiger partial charge in [0.2, 0.25) is 23.6 Å². The summed E-state index contributed by atoms with van der Waals surface area (Å²) in [5, 5.41) is 5.23. The number of rotatable bonds is 14. The number of hydrogen-bond acceptors (Lipinski definition) is 4. The first kappa shape index (κ1) is 23.8. The topological polar surface area (TPSA) is 98.8 Å². The first-order valence-electron chi connectivity index (χ1n) is 8.52. The minimum atomic E-state index is -0.328. The van der Waals surface area contributed by atoms with Crippen LogP contribution in [0.15, 0.2) is 50.6 Å². The van der Waals surface area contributed by atoms with Gasteiger partial charge in [-0.05, 0) is 30.7 Å². The van der Waals surface area contributed by atoms with E-state index in [1.807, 2.05) is 0 Å². The van der Waals surface area contributed by atoms with Gasteiger partial charge in [-0.3, -0.25) is 19.2 Å². The monoisotopic (exact) mass is 376 g/mol. The fraction of sp³-hybridized carbons (Fsp3) is 0.368. The lowest BCUT2D eigenvalue weighted by Crippen LogP contribution is -2.43. The first-order chi connectivity index (χ1) is 12.9. The molecule has 2 N–H and O–H groups in total. The first-order valence-corrected chi connectivity index (χ1v) is 8.52. The van der Waals surface area contributed by atoms with E-state index < -0.39 is 0 Å². The Morgan fingerprint density at radius 1 is 0.630 bits per heavy atom. The average molecular weight is 376 g/mol. The van der Waals surface area contributed by atoms with Gasteiger partial charge in [0.1, 0.15) is 0 Å². The molecule has 0 fully saturated rings. The van der Waals surface area contributed by atoms with Crippen LogP contribution in [0.1, 0.15) is 6.42 Å². The number of amides is 4. The summed E-state index contributed by atoms with van der Waals surface area (Å²) in [6.45, 7) is 15.5. The highest BCUT2D eigenvalue weighted by Crippen LogP contribution is 1.98. The molecule has 0 aromatic carbocycles. The van der Waals surface area contributed by atoms with Crippen molar-refractivity contribution in [2.24, 2.45) is 0 Å². The van der Waals surface area contributed by atoms with Crippen molar-refractivity contribution in [3.05, 3.63) is 50.6 Å². The van der Waals surface area contributed by atoms with Crippen LogP contribution in [-0.2, 0) is 19.2 Å². The summed E-state index contributed by atoms with van der Waals surface area (Å²) < 4.78 is 0. The summed E-state index contributed by atoms with van der Waals surface area (Å²) in [5.74, 6) is -1.17. The highest BCUT2D eigenvalue weighted by atomic mass is 16.2. The Labute approximate surface area is 160 Å². The van der Waals surface area contributed by atoms with E-state index in [0.717, 1.165) is 6.08 Å². The Kier molecular flexibility index (Phi) is 12.4. The third-order valence-electron chi connectivity index (χ3n) is 3.57. The molecule has 0 aliphatic heterocycles. The SMILES string of the molecule is C=CC(=O)NCCCN(CCN(CCNC(=O)C=C)C(=O)C=C)C(=O)C=C. The van der Waals surface area contributed by atoms with Crippen LogP contribution in [0, 0.1) is 0 Å². The van der Waals surface area contributed by atoms with Crippen molar-refractivity contribution in [1.82, 2.24) is 20.4 Å². The Morgan fingerprint density at radius 2 is 1.07 bits per heavy atom. The van der Waals surface area contributed by atoms with E-state index in [9.17, 15) is 19.2 Å². The number of carbonyl (C=O) groups excluding carboxylic acids is 4. The van der Waals surface area contributed by atoms with Gasteiger partial charge in [-0.1, -0.05) is 26.3 Å². The number of carbonyl (C=O) groups is 4. The lowest BCUT2D eigenvalue weighted by atomic mass is 10.3. The second-order valence-corrected chi connectivity index (χ2v) is 5.40. The lowest BCUT2D eigenvalue weighted by molar-refractivity contribution is -0.130. The molecule has 0 aliphatic carbocycles. The molecule has 0 saturated heterocycles. The van der Waals surface area contributed by atoms with E-state index >= 15 is 0 Å². The summed E-state index contributed by atoms with van der Waals surface area (Å²) in [7, 11) is 0. The lowest BCUT2D eigenvalue weighted by Gasteiger charge is -2.27. The number of nitrogens with one attached hydrogen (secondary N) is 2. The smallest absolute Gasteiger partial charge is 0.246 e. The quantitative estimate of drug-likeness (QED) is 0.330. The molecule has 4 amide bonds. The van der Waals surface area contributed by atoms with Gasteiger partial charge in [-0.25, -0.2) is 0 Å². The van der Waals surface area contributed by atoms with E-state index in [1.54, 1.807) is 4.90 Å². The van der Waals surface area contributed by atoms with Crippen molar-refractivity contribution < 1.29 is 19.2 Å². The third-order valence-corrected chi connectivity index (χ3v) is 3.57. The maximum absolute atomic E-state index is 12.0. The van der Waals surface area contributed by atoms with E-state index in [4.69, 9.17) is 0 Å². The molecule has 8 heteroatoms. The van der Waals surface area contributed by atoms with Crippen molar-refractivity contribution in [1.29, 1.82) is 0 Å². The van der Waals surface area contributed by atoms with Gasteiger partial charge in [-0.15, -0.1) is 0 Å². The molecule has 0 saturated carbocycles. The maximum atomic E-state index is 12.0. The van der Waals surface area contributed by atoms with Gasteiger partial charge in [-0.2, -0.15) is 0 Å². The molecule has 0 heterocycles. The van der Waals surface area contributed by atoms with Crippen LogP contribution < -0.4 is 10.6 Å². The molecule has 0 unspecified atom stereocenters. The third kappa shape index (κ3) is 10.4. The Hall–Kier alpha value is -3.16. The summed E-state index contributed by atoms with van der Waals surface area (Å²) in [6, 6.07) is 0. The van der Waals surface area contributed by atoms with Crippen molar-refractivity contribution in [2.75, 3.05) is 39.3 Å². The van der Waals surface area contributed by atoms with Crippen LogP contribution in [0.25, 0.3) is 0 Å². The Balaban J connectivity index is 4.65. The molecule has 0 aromatic heterocycles. The van der Waals surface area contributed by atoms with Crippen molar-refractivity contribution in [3.8, 4) is 0 Å². The van der Waals surface area contributed by atoms with Crippen LogP contribution in [0.2, 0.25) is 0 Å². The molecule has 0 spiro atoms. The van der Waals surface area contributed by atoms with E-state index in [2.05, 4.69) is 36.9 Å². The zero-order valence-corrected chi connectivity index (χ0v) is 15.6. The molecule has 0 atom stereocenters. The van der Waals surface area contributed by atoms with Crippen molar-refractivity contribution >= 4 is 23.6 Å². The molecular weight excluding hydrogens is 348 g/mol. The molecule has 27 heavy (non-hydrogen) atoms. The molecule has 8 nitrogen and oxygen atoms in total. The molecule has 0 bridgehead atoms. The second kappa shape index (κ2) is 14.1. The predicted octanol–water partition coefficient (Wildman–Crippen LogP) is 0.0101. The van der Waals surface area contributed by atoms with Crippen molar-refractivity contribution in [3.63, 3.8) is 0 Å². The predicted molar refractivity (Wildman–Crippen MR) is 105 cm³/mol. The van der Waals surface area contributed by atoms with E-state index in [0.29, 0.717) is 19.5 Å². The zero-order valence-electron chi connectivity index (χ0n) is 15.6. The largest absolute Gasteiger partial charge is 0.353 e. The van der Waals surface area contributed by atoms with Crippen LogP contribution in [0.4, 0.5) is 0 Å². The minimum absolute atomic E-state index is 0.257. The van der Waals surface area contributed by atoms with E-state index in [1.165, 1.54) is 23.1 Å². The molecule has 0 rings (SSSR count). The van der Waals surface area contributed by atoms with Gasteiger partial charge in [0.25, 0.3) is 0 Å². The molecule has 0 aliphatic rings. The number of nitrogens with zero attached hydrogens (tertiary/aromatic N) is 2. The number of hydrogen-bond donors (Lipinski definition) is 2. The van der Waals surface area contributed by atoms with Gasteiger partial charge in [0.05, 0.1) is 0 Å². The van der Waals surface area contributed by atoms with Gasteiger partial charge in [0, 0.05) is 39.3 Å². The summed E-state index contributed by atoms with van der Waals surface area (Å²) in [6.07, 6.45) is 5.25. The summed E-state index contributed by atoms with van der Waals surface area (Å²) >= 11 is 0. The average Bonchev–Trinajstić information content (AvgIpc) is 2.69. The minimum Gasteiger partial charge on any atom is -0.353 e.